The second-order valence-corrected chi connectivity index (χ2v) is 13.4. The van der Waals surface area contributed by atoms with Gasteiger partial charge in [0.2, 0.25) is 5.91 Å². The fraction of sp³-hybridized carbons (Fsp3) is 0.194. The Morgan fingerprint density at radius 3 is 2.52 bits per heavy atom. The van der Waals surface area contributed by atoms with Gasteiger partial charge >= 0.3 is 12.2 Å². The smallest absolute Gasteiger partial charge is 0.419 e. The van der Waals surface area contributed by atoms with E-state index in [-0.39, 0.29) is 11.6 Å². The van der Waals surface area contributed by atoms with E-state index in [1.54, 1.807) is 75.5 Å². The number of nitrogens with one attached hydrogen (secondary N) is 3. The summed E-state index contributed by atoms with van der Waals surface area (Å²) in [5.41, 5.74) is 3.49. The summed E-state index contributed by atoms with van der Waals surface area (Å²) < 4.78 is 13.3. The lowest BCUT2D eigenvalue weighted by Crippen LogP contribution is -2.29. The average molecular weight is 743 g/mol. The minimum absolute atomic E-state index is 0.216. The summed E-state index contributed by atoms with van der Waals surface area (Å²) in [6.45, 7) is 5.40. The van der Waals surface area contributed by atoms with Crippen LogP contribution in [0.4, 0.5) is 15.3 Å². The molecular formula is C36H33Cl2N9O5. The molecule has 0 aliphatic heterocycles. The molecule has 266 valence electrons. The van der Waals surface area contributed by atoms with Gasteiger partial charge < -0.3 is 19.8 Å². The third kappa shape index (κ3) is 8.30. The Balaban J connectivity index is 1.35. The number of rotatable bonds is 9. The number of carbonyl (C=O) groups is 3. The summed E-state index contributed by atoms with van der Waals surface area (Å²) in [6, 6.07) is 18.7. The predicted octanol–water partition coefficient (Wildman–Crippen LogP) is 7.39. The van der Waals surface area contributed by atoms with Crippen molar-refractivity contribution in [2.24, 2.45) is 0 Å². The van der Waals surface area contributed by atoms with Gasteiger partial charge in [0.25, 0.3) is 0 Å². The second kappa shape index (κ2) is 15.1. The highest BCUT2D eigenvalue weighted by atomic mass is 35.5. The Morgan fingerprint density at radius 2 is 1.81 bits per heavy atom. The summed E-state index contributed by atoms with van der Waals surface area (Å²) in [7, 11) is 1.28. The molecule has 3 aromatic carbocycles. The molecule has 1 atom stereocenters. The van der Waals surface area contributed by atoms with Gasteiger partial charge in [-0.25, -0.2) is 14.6 Å². The molecule has 2 amide bonds. The monoisotopic (exact) mass is 741 g/mol. The second-order valence-electron chi connectivity index (χ2n) is 12.6. The first-order valence-electron chi connectivity index (χ1n) is 15.9. The number of benzene rings is 3. The first-order chi connectivity index (χ1) is 24.9. The maximum absolute atomic E-state index is 13.6. The third-order valence-electron chi connectivity index (χ3n) is 7.72. The number of aromatic amines is 1. The molecule has 6 aromatic rings. The first-order valence-corrected chi connectivity index (χ1v) is 16.7. The highest BCUT2D eigenvalue weighted by molar-refractivity contribution is 6.32. The first kappa shape index (κ1) is 35.8. The summed E-state index contributed by atoms with van der Waals surface area (Å²) in [5, 5.41) is 18.5. The van der Waals surface area contributed by atoms with Crippen molar-refractivity contribution in [2.45, 2.75) is 38.8 Å². The van der Waals surface area contributed by atoms with Crippen LogP contribution in [0.2, 0.25) is 10.2 Å². The fourth-order valence-corrected chi connectivity index (χ4v) is 5.87. The molecule has 0 saturated heterocycles. The van der Waals surface area contributed by atoms with Crippen molar-refractivity contribution in [1.29, 1.82) is 0 Å². The van der Waals surface area contributed by atoms with Crippen molar-refractivity contribution in [3.63, 3.8) is 0 Å². The van der Waals surface area contributed by atoms with Crippen LogP contribution >= 0.6 is 23.2 Å². The molecule has 0 spiro atoms. The zero-order valence-electron chi connectivity index (χ0n) is 28.4. The molecule has 16 heteroatoms. The predicted molar refractivity (Wildman–Crippen MR) is 196 cm³/mol. The van der Waals surface area contributed by atoms with E-state index in [1.165, 1.54) is 28.8 Å². The molecule has 0 saturated carbocycles. The molecule has 3 heterocycles. The number of hydrogen-bond acceptors (Lipinski definition) is 9. The molecular weight excluding hydrogens is 709 g/mol. The molecule has 0 aliphatic rings. The number of nitrogens with zero attached hydrogens (tertiary/aromatic N) is 6. The largest absolute Gasteiger partial charge is 0.453 e. The summed E-state index contributed by atoms with van der Waals surface area (Å²) in [4.78, 5) is 46.5. The van der Waals surface area contributed by atoms with Gasteiger partial charge in [0.05, 0.1) is 24.4 Å². The van der Waals surface area contributed by atoms with Gasteiger partial charge in [0, 0.05) is 45.9 Å². The van der Waals surface area contributed by atoms with E-state index >= 15 is 0 Å². The van der Waals surface area contributed by atoms with E-state index in [9.17, 15) is 14.4 Å². The quantitative estimate of drug-likeness (QED) is 0.128. The number of methoxy groups -OCH3 is 1. The number of H-pyrrole nitrogens is 1. The zero-order chi connectivity index (χ0) is 37.0. The molecule has 0 bridgehead atoms. The number of ether oxygens (including phenoxy) is 2. The molecule has 3 aromatic heterocycles. The Hall–Kier alpha value is -5.99. The van der Waals surface area contributed by atoms with Gasteiger partial charge in [-0.2, -0.15) is 4.68 Å². The van der Waals surface area contributed by atoms with Crippen molar-refractivity contribution in [1.82, 2.24) is 40.1 Å². The minimum Gasteiger partial charge on any atom is -0.453 e. The van der Waals surface area contributed by atoms with Gasteiger partial charge in [0.15, 0.2) is 0 Å². The zero-order valence-corrected chi connectivity index (χ0v) is 29.9. The van der Waals surface area contributed by atoms with Crippen LogP contribution in [-0.4, -0.2) is 65.5 Å². The van der Waals surface area contributed by atoms with Crippen LogP contribution in [-0.2, 0) is 20.7 Å². The minimum atomic E-state index is -0.750. The maximum Gasteiger partial charge on any atom is 0.419 e. The van der Waals surface area contributed by atoms with Crippen LogP contribution in [0.15, 0.2) is 85.3 Å². The van der Waals surface area contributed by atoms with Gasteiger partial charge in [0.1, 0.15) is 28.6 Å². The molecule has 3 N–H and O–H groups in total. The summed E-state index contributed by atoms with van der Waals surface area (Å²) in [5.74, 6) is -0.0828. The average Bonchev–Trinajstić information content (AvgIpc) is 3.86. The highest BCUT2D eigenvalue weighted by Crippen LogP contribution is 2.32. The Morgan fingerprint density at radius 1 is 1.04 bits per heavy atom. The van der Waals surface area contributed by atoms with E-state index in [2.05, 4.69) is 35.9 Å². The Labute approximate surface area is 307 Å². The van der Waals surface area contributed by atoms with Crippen LogP contribution in [0.5, 0.6) is 0 Å². The number of anilines is 1. The standard InChI is InChI=1S/C36H33Cl2N9O5/c1-36(2,3)52-35(50)46-19-23(26-7-5-6-8-29(26)46)18-27(33-42-31(32(38)43-33)21-9-13-25(14-10-21)40-34(49)51-4)41-30(48)16-11-22-17-24(37)12-15-28(22)47-20-39-44-45-47/h5-17,19-20,27H,18H2,1-4H3,(H,40,49)(H,41,48)(H,42,43). The lowest BCUT2D eigenvalue weighted by molar-refractivity contribution is -0.117. The number of hydrogen-bond donors (Lipinski definition) is 3. The third-order valence-corrected chi connectivity index (χ3v) is 8.23. The number of amides is 2. The van der Waals surface area contributed by atoms with E-state index < -0.39 is 29.7 Å². The fourth-order valence-electron chi connectivity index (χ4n) is 5.44. The van der Waals surface area contributed by atoms with Crippen LogP contribution in [0, 0.1) is 0 Å². The van der Waals surface area contributed by atoms with E-state index in [4.69, 9.17) is 32.9 Å². The number of imidazole rings is 1. The molecule has 1 unspecified atom stereocenters. The highest BCUT2D eigenvalue weighted by Gasteiger charge is 2.25. The van der Waals surface area contributed by atoms with E-state index in [0.717, 1.165) is 10.9 Å². The van der Waals surface area contributed by atoms with Crippen molar-refractivity contribution in [2.75, 3.05) is 12.4 Å². The van der Waals surface area contributed by atoms with Gasteiger partial charge in [-0.05, 0) is 79.2 Å². The Bertz CT molecular complexity index is 2270. The van der Waals surface area contributed by atoms with Crippen LogP contribution in [0.1, 0.15) is 43.8 Å². The Kier molecular flexibility index (Phi) is 10.4. The molecule has 14 nitrogen and oxygen atoms in total. The van der Waals surface area contributed by atoms with Crippen molar-refractivity contribution in [3.05, 3.63) is 112 Å². The van der Waals surface area contributed by atoms with Crippen molar-refractivity contribution in [3.8, 4) is 16.9 Å². The topological polar surface area (TPSA) is 171 Å². The van der Waals surface area contributed by atoms with Gasteiger partial charge in [-0.1, -0.05) is 53.5 Å². The number of halogens is 2. The maximum atomic E-state index is 13.6. The van der Waals surface area contributed by atoms with Gasteiger partial charge in [-0.15, -0.1) is 5.10 Å². The lowest BCUT2D eigenvalue weighted by atomic mass is 10.0. The van der Waals surface area contributed by atoms with Crippen LogP contribution in [0.25, 0.3) is 33.9 Å². The van der Waals surface area contributed by atoms with E-state index in [0.29, 0.717) is 44.6 Å². The molecule has 52 heavy (non-hydrogen) atoms. The van der Waals surface area contributed by atoms with Crippen LogP contribution in [0.3, 0.4) is 0 Å². The van der Waals surface area contributed by atoms with Crippen molar-refractivity contribution < 1.29 is 23.9 Å². The number of para-hydroxylation sites is 1. The molecule has 0 radical (unpaired) electrons. The molecule has 0 aliphatic carbocycles. The number of carbonyl (C=O) groups excluding carboxylic acids is 3. The van der Waals surface area contributed by atoms with Crippen molar-refractivity contribution >= 4 is 64.0 Å². The summed E-state index contributed by atoms with van der Waals surface area (Å²) >= 11 is 13.0. The summed E-state index contributed by atoms with van der Waals surface area (Å²) in [6.07, 6.45) is 5.20. The normalized spacial score (nSPS) is 12.2. The SMILES string of the molecule is COC(=O)Nc1ccc(-c2nc(C(Cc3cn(C(=O)OC(C)(C)C)c4ccccc34)NC(=O)C=Cc3cc(Cl)ccc3-n3cnnn3)[nH]c2Cl)cc1. The van der Waals surface area contributed by atoms with Gasteiger partial charge in [-0.3, -0.25) is 14.7 Å². The number of aromatic nitrogens is 7. The number of fused-ring (bicyclic) bond motifs is 1. The lowest BCUT2D eigenvalue weighted by Gasteiger charge is -2.19. The van der Waals surface area contributed by atoms with E-state index in [1.807, 2.05) is 24.3 Å². The molecule has 6 rings (SSSR count). The molecule has 0 fully saturated rings. The number of tetrazole rings is 1. The van der Waals surface area contributed by atoms with Crippen LogP contribution < -0.4 is 10.6 Å².